The Labute approximate surface area is 101 Å². The highest BCUT2D eigenvalue weighted by Gasteiger charge is 2.31. The molecule has 1 aliphatic carbocycles. The van der Waals surface area contributed by atoms with E-state index in [4.69, 9.17) is 9.47 Å². The van der Waals surface area contributed by atoms with Crippen molar-refractivity contribution in [2.45, 2.75) is 37.4 Å². The van der Waals surface area contributed by atoms with Crippen molar-refractivity contribution in [3.63, 3.8) is 0 Å². The predicted molar refractivity (Wildman–Crippen MR) is 64.0 cm³/mol. The lowest BCUT2D eigenvalue weighted by Gasteiger charge is -2.32. The van der Waals surface area contributed by atoms with Crippen LogP contribution < -0.4 is 4.74 Å². The van der Waals surface area contributed by atoms with Crippen LogP contribution in [-0.4, -0.2) is 24.4 Å². The van der Waals surface area contributed by atoms with Gasteiger partial charge >= 0.3 is 0 Å². The fourth-order valence-electron chi connectivity index (χ4n) is 2.22. The van der Waals surface area contributed by atoms with Crippen molar-refractivity contribution in [1.82, 2.24) is 0 Å². The largest absolute Gasteiger partial charge is 0.490 e. The highest BCUT2D eigenvalue weighted by Crippen LogP contribution is 2.33. The Morgan fingerprint density at radius 2 is 1.76 bits per heavy atom. The van der Waals surface area contributed by atoms with Crippen molar-refractivity contribution in [2.24, 2.45) is 0 Å². The molecule has 3 heteroatoms. The summed E-state index contributed by atoms with van der Waals surface area (Å²) < 4.78 is 11.0. The number of rotatable bonds is 3. The molecule has 1 aromatic rings. The molecule has 2 fully saturated rings. The van der Waals surface area contributed by atoms with E-state index in [0.29, 0.717) is 32.2 Å². The maximum atomic E-state index is 10.5. The van der Waals surface area contributed by atoms with Crippen molar-refractivity contribution < 1.29 is 14.6 Å². The zero-order chi connectivity index (χ0) is 11.7. The minimum atomic E-state index is -0.712. The lowest BCUT2D eigenvalue weighted by molar-refractivity contribution is -0.0679. The van der Waals surface area contributed by atoms with Crippen molar-refractivity contribution >= 4 is 0 Å². The van der Waals surface area contributed by atoms with Crippen molar-refractivity contribution in [3.8, 4) is 5.75 Å². The summed E-state index contributed by atoms with van der Waals surface area (Å²) in [6, 6.07) is 7.87. The van der Waals surface area contributed by atoms with E-state index in [2.05, 4.69) is 0 Å². The maximum Gasteiger partial charge on any atom is 0.119 e. The molecule has 0 aromatic heterocycles. The van der Waals surface area contributed by atoms with Gasteiger partial charge in [-0.3, -0.25) is 0 Å². The summed E-state index contributed by atoms with van der Waals surface area (Å²) in [6.07, 6.45) is 4.12. The number of hydrogen-bond donors (Lipinski definition) is 1. The van der Waals surface area contributed by atoms with Crippen molar-refractivity contribution in [1.29, 1.82) is 0 Å². The zero-order valence-electron chi connectivity index (χ0n) is 9.89. The Morgan fingerprint density at radius 3 is 2.35 bits per heavy atom. The first-order valence-electron chi connectivity index (χ1n) is 6.34. The topological polar surface area (TPSA) is 38.7 Å². The molecule has 1 saturated carbocycles. The quantitative estimate of drug-likeness (QED) is 0.871. The third kappa shape index (κ3) is 2.45. The third-order valence-corrected chi connectivity index (χ3v) is 3.54. The van der Waals surface area contributed by atoms with Gasteiger partial charge in [0, 0.05) is 26.1 Å². The van der Waals surface area contributed by atoms with Crippen LogP contribution in [0.5, 0.6) is 5.75 Å². The number of benzene rings is 1. The first-order valence-corrected chi connectivity index (χ1v) is 6.34. The summed E-state index contributed by atoms with van der Waals surface area (Å²) >= 11 is 0. The van der Waals surface area contributed by atoms with E-state index in [1.807, 2.05) is 24.3 Å². The van der Waals surface area contributed by atoms with Gasteiger partial charge in [-0.25, -0.2) is 0 Å². The molecule has 0 amide bonds. The van der Waals surface area contributed by atoms with Crippen LogP contribution in [0, 0.1) is 0 Å². The van der Waals surface area contributed by atoms with Crippen LogP contribution in [-0.2, 0) is 10.3 Å². The van der Waals surface area contributed by atoms with Crippen LogP contribution in [0.1, 0.15) is 31.2 Å². The number of hydrogen-bond acceptors (Lipinski definition) is 3. The van der Waals surface area contributed by atoms with Gasteiger partial charge in [-0.1, -0.05) is 12.1 Å². The molecule has 0 spiro atoms. The van der Waals surface area contributed by atoms with Crippen LogP contribution in [0.4, 0.5) is 0 Å². The minimum Gasteiger partial charge on any atom is -0.490 e. The van der Waals surface area contributed by atoms with E-state index in [1.165, 1.54) is 12.8 Å². The zero-order valence-corrected chi connectivity index (χ0v) is 9.89. The maximum absolute atomic E-state index is 10.5. The Hall–Kier alpha value is -1.06. The second-order valence-electron chi connectivity index (χ2n) is 4.99. The Bertz CT molecular complexity index is 375. The van der Waals surface area contributed by atoms with Crippen LogP contribution in [0.2, 0.25) is 0 Å². The molecule has 2 aliphatic rings. The summed E-state index contributed by atoms with van der Waals surface area (Å²) in [5.41, 5.74) is 0.264. The average Bonchev–Trinajstić information content (AvgIpc) is 3.15. The van der Waals surface area contributed by atoms with Gasteiger partial charge < -0.3 is 14.6 Å². The van der Waals surface area contributed by atoms with E-state index in [9.17, 15) is 5.11 Å². The van der Waals surface area contributed by atoms with Crippen LogP contribution in [0.15, 0.2) is 24.3 Å². The first kappa shape index (κ1) is 11.1. The molecular weight excluding hydrogens is 216 g/mol. The lowest BCUT2D eigenvalue weighted by Crippen LogP contribution is -2.33. The summed E-state index contributed by atoms with van der Waals surface area (Å²) in [5, 5.41) is 10.5. The van der Waals surface area contributed by atoms with Gasteiger partial charge in [0.1, 0.15) is 5.75 Å². The average molecular weight is 234 g/mol. The number of ether oxygens (including phenoxy) is 2. The second kappa shape index (κ2) is 4.31. The molecule has 92 valence electrons. The normalized spacial score (nSPS) is 23.4. The minimum absolute atomic E-state index is 0.423. The van der Waals surface area contributed by atoms with Gasteiger partial charge in [0.15, 0.2) is 0 Å². The predicted octanol–water partition coefficient (Wildman–Crippen LogP) is 2.23. The summed E-state index contributed by atoms with van der Waals surface area (Å²) in [7, 11) is 0. The molecule has 1 saturated heterocycles. The van der Waals surface area contributed by atoms with Crippen LogP contribution in [0.3, 0.4) is 0 Å². The highest BCUT2D eigenvalue weighted by molar-refractivity contribution is 5.31. The molecule has 1 heterocycles. The second-order valence-corrected chi connectivity index (χ2v) is 4.99. The Morgan fingerprint density at radius 1 is 1.12 bits per heavy atom. The molecule has 0 bridgehead atoms. The van der Waals surface area contributed by atoms with Gasteiger partial charge in [0.25, 0.3) is 0 Å². The van der Waals surface area contributed by atoms with Gasteiger partial charge in [-0.15, -0.1) is 0 Å². The van der Waals surface area contributed by atoms with Gasteiger partial charge in [0.2, 0.25) is 0 Å². The standard InChI is InChI=1S/C14H18O3/c15-14(7-9-16-10-8-14)11-1-3-12(4-2-11)17-13-5-6-13/h1-4,13,15H,5-10H2. The highest BCUT2D eigenvalue weighted by atomic mass is 16.5. The number of aliphatic hydroxyl groups is 1. The van der Waals surface area contributed by atoms with Crippen molar-refractivity contribution in [2.75, 3.05) is 13.2 Å². The SMILES string of the molecule is OC1(c2ccc(OC3CC3)cc2)CCOCC1. The fraction of sp³-hybridized carbons (Fsp3) is 0.571. The van der Waals surface area contributed by atoms with E-state index in [-0.39, 0.29) is 0 Å². The molecule has 0 unspecified atom stereocenters. The third-order valence-electron chi connectivity index (χ3n) is 3.54. The lowest BCUT2D eigenvalue weighted by atomic mass is 9.86. The van der Waals surface area contributed by atoms with E-state index >= 15 is 0 Å². The van der Waals surface area contributed by atoms with Crippen LogP contribution in [0.25, 0.3) is 0 Å². The molecule has 0 atom stereocenters. The van der Waals surface area contributed by atoms with E-state index in [0.717, 1.165) is 11.3 Å². The summed E-state index contributed by atoms with van der Waals surface area (Å²) in [6.45, 7) is 1.27. The Kier molecular flexibility index (Phi) is 2.81. The van der Waals surface area contributed by atoms with Gasteiger partial charge in [-0.2, -0.15) is 0 Å². The summed E-state index contributed by atoms with van der Waals surface area (Å²) in [4.78, 5) is 0. The molecular formula is C14H18O3. The van der Waals surface area contributed by atoms with Crippen molar-refractivity contribution in [3.05, 3.63) is 29.8 Å². The molecule has 1 aliphatic heterocycles. The first-order chi connectivity index (χ1) is 8.26. The molecule has 1 aromatic carbocycles. The Balaban J connectivity index is 1.73. The molecule has 3 nitrogen and oxygen atoms in total. The molecule has 0 radical (unpaired) electrons. The van der Waals surface area contributed by atoms with Gasteiger partial charge in [-0.05, 0) is 30.5 Å². The fourth-order valence-corrected chi connectivity index (χ4v) is 2.22. The molecule has 3 rings (SSSR count). The molecule has 17 heavy (non-hydrogen) atoms. The van der Waals surface area contributed by atoms with E-state index in [1.54, 1.807) is 0 Å². The molecule has 1 N–H and O–H groups in total. The van der Waals surface area contributed by atoms with E-state index < -0.39 is 5.60 Å². The summed E-state index contributed by atoms with van der Waals surface area (Å²) in [5.74, 6) is 0.909. The van der Waals surface area contributed by atoms with Gasteiger partial charge in [0.05, 0.1) is 11.7 Å². The monoisotopic (exact) mass is 234 g/mol. The van der Waals surface area contributed by atoms with Crippen LogP contribution >= 0.6 is 0 Å². The smallest absolute Gasteiger partial charge is 0.119 e.